The molecule has 8 heavy (non-hydrogen) atoms. The van der Waals surface area contributed by atoms with Crippen molar-refractivity contribution in [1.29, 1.82) is 0 Å². The van der Waals surface area contributed by atoms with Gasteiger partial charge in [-0.1, -0.05) is 11.8 Å². The fourth-order valence-corrected chi connectivity index (χ4v) is 0.684. The van der Waals surface area contributed by atoms with E-state index in [0.29, 0.717) is 0 Å². The van der Waals surface area contributed by atoms with Gasteiger partial charge >= 0.3 is 0 Å². The van der Waals surface area contributed by atoms with E-state index in [1.165, 1.54) is 6.92 Å². The van der Waals surface area contributed by atoms with E-state index in [9.17, 15) is 9.59 Å². The van der Waals surface area contributed by atoms with Gasteiger partial charge in [0.25, 0.3) is 0 Å². The maximum absolute atomic E-state index is 10.1. The highest BCUT2D eigenvalue weighted by Crippen LogP contribution is 2.01. The summed E-state index contributed by atoms with van der Waals surface area (Å²) in [6.45, 7) is 1.42. The van der Waals surface area contributed by atoms with E-state index in [2.05, 4.69) is 12.6 Å². The van der Waals surface area contributed by atoms with Crippen molar-refractivity contribution in [3.63, 3.8) is 0 Å². The summed E-state index contributed by atoms with van der Waals surface area (Å²) in [6, 6.07) is 0. The molecule has 0 saturated carbocycles. The first-order valence-electron chi connectivity index (χ1n) is 1.98. The average molecular weight is 150 g/mol. The topological polar surface area (TPSA) is 34.1 Å². The van der Waals surface area contributed by atoms with Crippen LogP contribution in [0.1, 0.15) is 6.92 Å². The van der Waals surface area contributed by atoms with E-state index in [0.717, 1.165) is 11.8 Å². The Bertz CT molecular complexity index is 96.6. The molecule has 0 fully saturated rings. The van der Waals surface area contributed by atoms with Gasteiger partial charge in [0.2, 0.25) is 0 Å². The second kappa shape index (κ2) is 3.97. The Hall–Kier alpha value is 0.0400. The number of hydrogen-bond donors (Lipinski definition) is 1. The number of rotatable bonds is 2. The predicted octanol–water partition coefficient (Wildman–Crippen LogP) is 0.722. The lowest BCUT2D eigenvalue weighted by Gasteiger charge is -1.86. The first-order chi connectivity index (χ1) is 3.63. The molecule has 0 N–H and O–H groups in total. The Balaban J connectivity index is 3.18. The maximum atomic E-state index is 10.1. The van der Waals surface area contributed by atoms with Gasteiger partial charge in [-0.05, 0) is 0 Å². The van der Waals surface area contributed by atoms with Crippen molar-refractivity contribution >= 4 is 34.6 Å². The third-order valence-electron chi connectivity index (χ3n) is 0.399. The normalized spacial score (nSPS) is 8.75. The molecule has 4 heteroatoms. The van der Waals surface area contributed by atoms with Crippen molar-refractivity contribution < 1.29 is 9.59 Å². The molecule has 0 aliphatic rings. The van der Waals surface area contributed by atoms with Gasteiger partial charge < -0.3 is 0 Å². The second-order valence-electron chi connectivity index (χ2n) is 1.17. The Kier molecular flexibility index (Phi) is 3.99. The summed E-state index contributed by atoms with van der Waals surface area (Å²) < 4.78 is 0. The van der Waals surface area contributed by atoms with Gasteiger partial charge in [-0.2, -0.15) is 0 Å². The second-order valence-corrected chi connectivity index (χ2v) is 2.83. The van der Waals surface area contributed by atoms with Gasteiger partial charge in [0.05, 0.1) is 5.75 Å². The van der Waals surface area contributed by atoms with Crippen LogP contribution in [0.5, 0.6) is 0 Å². The fraction of sp³-hybridized carbons (Fsp3) is 0.500. The molecule has 0 bridgehead atoms. The van der Waals surface area contributed by atoms with Crippen LogP contribution in [0.25, 0.3) is 0 Å². The third kappa shape index (κ3) is 6.04. The van der Waals surface area contributed by atoms with Crippen molar-refractivity contribution in [3.05, 3.63) is 0 Å². The number of hydrogen-bond acceptors (Lipinski definition) is 3. The highest BCUT2D eigenvalue weighted by Gasteiger charge is 1.96. The van der Waals surface area contributed by atoms with Crippen molar-refractivity contribution in [1.82, 2.24) is 0 Å². The van der Waals surface area contributed by atoms with Gasteiger partial charge in [0.1, 0.15) is 0 Å². The zero-order valence-corrected chi connectivity index (χ0v) is 6.09. The van der Waals surface area contributed by atoms with Crippen molar-refractivity contribution in [2.75, 3.05) is 5.75 Å². The standard InChI is InChI=1S/C4H6O2S2/c1-3(5)8-2-4(6)7/h2H2,1H3,(H,6,7). The molecular formula is C4H6O2S2. The molecule has 0 aromatic rings. The molecule has 0 rings (SSSR count). The zero-order valence-electron chi connectivity index (χ0n) is 4.38. The van der Waals surface area contributed by atoms with Crippen LogP contribution in [0, 0.1) is 0 Å². The Morgan fingerprint density at radius 2 is 2.12 bits per heavy atom. The summed E-state index contributed by atoms with van der Waals surface area (Å²) in [6.07, 6.45) is 0. The van der Waals surface area contributed by atoms with E-state index in [1.807, 2.05) is 0 Å². The van der Waals surface area contributed by atoms with Gasteiger partial charge in [0.15, 0.2) is 10.2 Å². The van der Waals surface area contributed by atoms with Crippen LogP contribution in [0.3, 0.4) is 0 Å². The SMILES string of the molecule is CC(=O)SCC(=O)S. The molecular weight excluding hydrogens is 144 g/mol. The van der Waals surface area contributed by atoms with Gasteiger partial charge in [-0.25, -0.2) is 0 Å². The smallest absolute Gasteiger partial charge is 0.196 e. The van der Waals surface area contributed by atoms with E-state index >= 15 is 0 Å². The minimum absolute atomic E-state index is 0.0487. The van der Waals surface area contributed by atoms with E-state index in [4.69, 9.17) is 0 Å². The zero-order chi connectivity index (χ0) is 6.57. The molecule has 0 aliphatic carbocycles. The molecule has 46 valence electrons. The summed E-state index contributed by atoms with van der Waals surface area (Å²) in [4.78, 5) is 20.2. The van der Waals surface area contributed by atoms with Crippen LogP contribution < -0.4 is 0 Å². The number of thioether (sulfide) groups is 1. The van der Waals surface area contributed by atoms with Crippen LogP contribution in [-0.4, -0.2) is 16.0 Å². The summed E-state index contributed by atoms with van der Waals surface area (Å²) in [5.74, 6) is 0.179. The summed E-state index contributed by atoms with van der Waals surface area (Å²) >= 11 is 4.44. The first-order valence-corrected chi connectivity index (χ1v) is 3.41. The monoisotopic (exact) mass is 150 g/mol. The molecule has 0 unspecified atom stereocenters. The molecule has 0 spiro atoms. The molecule has 0 saturated heterocycles. The Labute approximate surface area is 57.4 Å². The summed E-state index contributed by atoms with van der Waals surface area (Å²) in [7, 11) is 0. The highest BCUT2D eigenvalue weighted by molar-refractivity contribution is 8.15. The van der Waals surface area contributed by atoms with Crippen LogP contribution >= 0.6 is 24.4 Å². The van der Waals surface area contributed by atoms with Crippen LogP contribution in [0.4, 0.5) is 0 Å². The lowest BCUT2D eigenvalue weighted by atomic mass is 10.9. The molecule has 0 amide bonds. The lowest BCUT2D eigenvalue weighted by Crippen LogP contribution is -1.92. The molecule has 2 nitrogen and oxygen atoms in total. The van der Waals surface area contributed by atoms with Gasteiger partial charge in [-0.15, -0.1) is 12.6 Å². The van der Waals surface area contributed by atoms with Crippen LogP contribution in [0.2, 0.25) is 0 Å². The molecule has 0 aromatic carbocycles. The lowest BCUT2D eigenvalue weighted by molar-refractivity contribution is -0.110. The molecule has 0 aromatic heterocycles. The van der Waals surface area contributed by atoms with Crippen molar-refractivity contribution in [2.24, 2.45) is 0 Å². The number of thiol groups is 1. The molecule has 0 atom stereocenters. The minimum atomic E-state index is -0.259. The Morgan fingerprint density at radius 1 is 1.62 bits per heavy atom. The molecule has 0 aliphatic heterocycles. The molecule has 0 radical (unpaired) electrons. The fourth-order valence-electron chi connectivity index (χ4n) is 0.163. The van der Waals surface area contributed by atoms with E-state index < -0.39 is 0 Å². The van der Waals surface area contributed by atoms with Gasteiger partial charge in [0, 0.05) is 6.92 Å². The highest BCUT2D eigenvalue weighted by atomic mass is 32.2. The maximum Gasteiger partial charge on any atom is 0.196 e. The van der Waals surface area contributed by atoms with Crippen LogP contribution in [0.15, 0.2) is 0 Å². The number of carbonyl (C=O) groups excluding carboxylic acids is 2. The Morgan fingerprint density at radius 3 is 2.25 bits per heavy atom. The summed E-state index contributed by atoms with van der Waals surface area (Å²) in [5.41, 5.74) is 0. The third-order valence-corrected chi connectivity index (χ3v) is 1.58. The summed E-state index contributed by atoms with van der Waals surface area (Å²) in [5, 5.41) is -0.308. The van der Waals surface area contributed by atoms with Gasteiger partial charge in [-0.3, -0.25) is 9.59 Å². The quantitative estimate of drug-likeness (QED) is 0.589. The first kappa shape index (κ1) is 8.04. The van der Waals surface area contributed by atoms with E-state index in [1.54, 1.807) is 0 Å². The number of carbonyl (C=O) groups is 2. The predicted molar refractivity (Wildman–Crippen MR) is 37.1 cm³/mol. The van der Waals surface area contributed by atoms with E-state index in [-0.39, 0.29) is 16.0 Å². The van der Waals surface area contributed by atoms with Crippen molar-refractivity contribution in [2.45, 2.75) is 6.92 Å². The average Bonchev–Trinajstić information content (AvgIpc) is 1.61. The molecule has 0 heterocycles. The largest absolute Gasteiger partial charge is 0.288 e. The van der Waals surface area contributed by atoms with Crippen molar-refractivity contribution in [3.8, 4) is 0 Å². The minimum Gasteiger partial charge on any atom is -0.288 e. The van der Waals surface area contributed by atoms with Crippen LogP contribution in [-0.2, 0) is 9.59 Å².